The van der Waals surface area contributed by atoms with Crippen molar-refractivity contribution in [1.82, 2.24) is 9.55 Å². The maximum absolute atomic E-state index is 5.14. The number of fused-ring (bicyclic) bond motifs is 1. The molecule has 0 bridgehead atoms. The molecule has 166 valence electrons. The highest BCUT2D eigenvalue weighted by molar-refractivity contribution is 6.18. The number of hydrogen-bond acceptors (Lipinski definition) is 1. The van der Waals surface area contributed by atoms with E-state index in [4.69, 9.17) is 4.98 Å². The Morgan fingerprint density at radius 3 is 1.70 bits per heavy atom. The molecule has 0 unspecified atom stereocenters. The first-order valence-corrected chi connectivity index (χ1v) is 12.0. The van der Waals surface area contributed by atoms with Crippen LogP contribution in [0.15, 0.2) is 66.7 Å². The van der Waals surface area contributed by atoms with Crippen LogP contribution in [0.25, 0.3) is 28.1 Å². The van der Waals surface area contributed by atoms with Gasteiger partial charge in [0.2, 0.25) is 0 Å². The Hall–Kier alpha value is -2.68. The number of rotatable bonds is 5. The van der Waals surface area contributed by atoms with Gasteiger partial charge in [0.05, 0.1) is 16.7 Å². The minimum Gasteiger partial charge on any atom is -0.292 e. The molecule has 0 amide bonds. The van der Waals surface area contributed by atoms with Crippen molar-refractivity contribution in [2.75, 3.05) is 0 Å². The summed E-state index contributed by atoms with van der Waals surface area (Å²) >= 11 is 0. The second kappa shape index (κ2) is 7.97. The standard InChI is InChI=1S/C28H35B3N2/c1-26(2,29)19-16-20(27(3,4)30)24(21(17-19)28(5,6)31)33-23-15-11-10-14-22(23)32-25(33)18-12-8-7-9-13-18/h7-17H,29-31H2,1-6H3. The topological polar surface area (TPSA) is 17.8 Å². The number of benzene rings is 3. The van der Waals surface area contributed by atoms with Crippen molar-refractivity contribution in [2.45, 2.75) is 57.5 Å². The average molecular weight is 432 g/mol. The molecule has 0 N–H and O–H groups in total. The zero-order valence-corrected chi connectivity index (χ0v) is 21.7. The predicted molar refractivity (Wildman–Crippen MR) is 151 cm³/mol. The molecule has 0 saturated carbocycles. The van der Waals surface area contributed by atoms with Gasteiger partial charge in [0, 0.05) is 5.56 Å². The molecule has 1 heterocycles. The third-order valence-corrected chi connectivity index (χ3v) is 6.41. The van der Waals surface area contributed by atoms with Gasteiger partial charge in [-0.3, -0.25) is 4.57 Å². The lowest BCUT2D eigenvalue weighted by molar-refractivity contribution is 0.698. The molecule has 0 aliphatic carbocycles. The van der Waals surface area contributed by atoms with Crippen LogP contribution in [0, 0.1) is 0 Å². The Kier molecular flexibility index (Phi) is 5.67. The Morgan fingerprint density at radius 2 is 1.18 bits per heavy atom. The van der Waals surface area contributed by atoms with Crippen LogP contribution >= 0.6 is 0 Å². The molecular formula is C28H35B3N2. The van der Waals surface area contributed by atoms with Gasteiger partial charge in [0.15, 0.2) is 0 Å². The van der Waals surface area contributed by atoms with Gasteiger partial charge < -0.3 is 0 Å². The Labute approximate surface area is 202 Å². The van der Waals surface area contributed by atoms with Crippen LogP contribution < -0.4 is 0 Å². The molecule has 0 saturated heterocycles. The summed E-state index contributed by atoms with van der Waals surface area (Å²) in [5, 5.41) is 0.00362. The van der Waals surface area contributed by atoms with Gasteiger partial charge >= 0.3 is 0 Å². The largest absolute Gasteiger partial charge is 0.292 e. The van der Waals surface area contributed by atoms with Crippen molar-refractivity contribution in [2.24, 2.45) is 0 Å². The predicted octanol–water partition coefficient (Wildman–Crippen LogP) is 4.30. The lowest BCUT2D eigenvalue weighted by Gasteiger charge is -2.34. The first-order valence-electron chi connectivity index (χ1n) is 12.0. The third-order valence-electron chi connectivity index (χ3n) is 6.41. The summed E-state index contributed by atoms with van der Waals surface area (Å²) in [6.45, 7) is 13.9. The van der Waals surface area contributed by atoms with Crippen LogP contribution in [0.2, 0.25) is 0 Å². The van der Waals surface area contributed by atoms with Crippen molar-refractivity contribution in [1.29, 1.82) is 0 Å². The molecule has 0 fully saturated rings. The van der Waals surface area contributed by atoms with E-state index in [2.05, 4.69) is 136 Å². The molecule has 0 spiro atoms. The molecule has 1 aromatic heterocycles. The van der Waals surface area contributed by atoms with Gasteiger partial charge in [0.1, 0.15) is 29.4 Å². The SMILES string of the molecule is BC(C)(C)c1cc(C(B)(C)C)c(-n2c(-c3ccccc3)nc3ccccc32)c(C(B)(C)C)c1. The molecule has 3 aromatic carbocycles. The lowest BCUT2D eigenvalue weighted by Crippen LogP contribution is -2.29. The molecule has 0 atom stereocenters. The van der Waals surface area contributed by atoms with Crippen LogP contribution in [0.5, 0.6) is 0 Å². The van der Waals surface area contributed by atoms with Crippen molar-refractivity contribution in [3.63, 3.8) is 0 Å². The summed E-state index contributed by atoms with van der Waals surface area (Å²) in [6.07, 6.45) is 0. The highest BCUT2D eigenvalue weighted by atomic mass is 15.1. The van der Waals surface area contributed by atoms with E-state index < -0.39 is 0 Å². The molecule has 4 aromatic rings. The van der Waals surface area contributed by atoms with E-state index in [0.29, 0.717) is 0 Å². The maximum Gasteiger partial charge on any atom is 0.145 e. The molecule has 33 heavy (non-hydrogen) atoms. The molecule has 2 nitrogen and oxygen atoms in total. The minimum absolute atomic E-state index is 0.0318. The van der Waals surface area contributed by atoms with Crippen LogP contribution in [0.4, 0.5) is 0 Å². The second-order valence-electron chi connectivity index (χ2n) is 12.3. The van der Waals surface area contributed by atoms with Gasteiger partial charge in [0.25, 0.3) is 0 Å². The lowest BCUT2D eigenvalue weighted by atomic mass is 9.59. The quantitative estimate of drug-likeness (QED) is 0.431. The van der Waals surface area contributed by atoms with E-state index in [0.717, 1.165) is 22.4 Å². The number of hydrogen-bond donors (Lipinski definition) is 0. The number of para-hydroxylation sites is 2. The monoisotopic (exact) mass is 432 g/mol. The number of imidazole rings is 1. The van der Waals surface area contributed by atoms with E-state index in [9.17, 15) is 0 Å². The normalized spacial score (nSPS) is 12.9. The van der Waals surface area contributed by atoms with Crippen molar-refractivity contribution >= 4 is 34.6 Å². The van der Waals surface area contributed by atoms with E-state index in [1.165, 1.54) is 22.4 Å². The third kappa shape index (κ3) is 4.43. The summed E-state index contributed by atoms with van der Waals surface area (Å²) < 4.78 is 2.41. The smallest absolute Gasteiger partial charge is 0.145 e. The average Bonchev–Trinajstić information content (AvgIpc) is 3.11. The first-order chi connectivity index (χ1) is 15.3. The summed E-state index contributed by atoms with van der Waals surface area (Å²) in [7, 11) is 6.96. The molecule has 0 radical (unpaired) electrons. The highest BCUT2D eigenvalue weighted by Gasteiger charge is 2.31. The van der Waals surface area contributed by atoms with E-state index in [1.54, 1.807) is 0 Å². The van der Waals surface area contributed by atoms with Crippen LogP contribution in [0.1, 0.15) is 58.2 Å². The summed E-state index contributed by atoms with van der Waals surface area (Å²) in [6, 6.07) is 24.0. The minimum atomic E-state index is -0.0318. The fourth-order valence-electron chi connectivity index (χ4n) is 4.49. The molecule has 0 aliphatic rings. The molecular weight excluding hydrogens is 397 g/mol. The maximum atomic E-state index is 5.14. The van der Waals surface area contributed by atoms with Crippen molar-refractivity contribution < 1.29 is 0 Å². The van der Waals surface area contributed by atoms with Crippen LogP contribution in [-0.4, -0.2) is 33.1 Å². The van der Waals surface area contributed by atoms with Crippen LogP contribution in [-0.2, 0) is 15.9 Å². The first kappa shape index (κ1) is 23.5. The Balaban J connectivity index is 2.23. The van der Waals surface area contributed by atoms with E-state index in [1.807, 2.05) is 0 Å². The zero-order chi connectivity index (χ0) is 24.2. The van der Waals surface area contributed by atoms with Crippen LogP contribution in [0.3, 0.4) is 0 Å². The number of aromatic nitrogens is 2. The molecule has 5 heteroatoms. The van der Waals surface area contributed by atoms with Gasteiger partial charge in [-0.1, -0.05) is 96.1 Å². The van der Waals surface area contributed by atoms with Crippen molar-refractivity contribution in [3.05, 3.63) is 83.4 Å². The fraction of sp³-hybridized carbons (Fsp3) is 0.321. The van der Waals surface area contributed by atoms with Gasteiger partial charge in [-0.2, -0.15) is 0 Å². The van der Waals surface area contributed by atoms with E-state index in [-0.39, 0.29) is 15.9 Å². The van der Waals surface area contributed by atoms with Gasteiger partial charge in [-0.25, -0.2) is 4.98 Å². The fourth-order valence-corrected chi connectivity index (χ4v) is 4.49. The van der Waals surface area contributed by atoms with Gasteiger partial charge in [-0.15, -0.1) is 0 Å². The highest BCUT2D eigenvalue weighted by Crippen LogP contribution is 2.41. The number of nitrogens with zero attached hydrogens (tertiary/aromatic N) is 2. The Bertz CT molecular complexity index is 1270. The zero-order valence-electron chi connectivity index (χ0n) is 21.7. The van der Waals surface area contributed by atoms with Crippen molar-refractivity contribution in [3.8, 4) is 17.1 Å². The summed E-state index contributed by atoms with van der Waals surface area (Å²) in [5.41, 5.74) is 8.68. The Morgan fingerprint density at radius 1 is 0.667 bits per heavy atom. The molecule has 4 rings (SSSR count). The van der Waals surface area contributed by atoms with E-state index >= 15 is 0 Å². The van der Waals surface area contributed by atoms with Gasteiger partial charge in [-0.05, 0) is 44.8 Å². The molecule has 0 aliphatic heterocycles. The summed E-state index contributed by atoms with van der Waals surface area (Å²) in [4.78, 5) is 5.14. The second-order valence-corrected chi connectivity index (χ2v) is 12.3. The summed E-state index contributed by atoms with van der Waals surface area (Å²) in [5.74, 6) is 0.997.